The van der Waals surface area contributed by atoms with E-state index in [1.54, 1.807) is 23.0 Å². The SMILES string of the molecule is O=C(Cn1c(=O)c2c(ncn2Cc2ccco2)n(Cc2ccccc2)c1=O)NC[C@@H]1CCCO1. The van der Waals surface area contributed by atoms with Gasteiger partial charge in [-0.15, -0.1) is 0 Å². The first-order chi connectivity index (χ1) is 16.6. The van der Waals surface area contributed by atoms with Crippen LogP contribution >= 0.6 is 0 Å². The minimum absolute atomic E-state index is 0.0346. The molecule has 5 rings (SSSR count). The lowest BCUT2D eigenvalue weighted by Gasteiger charge is -2.14. The van der Waals surface area contributed by atoms with Gasteiger partial charge in [-0.25, -0.2) is 14.3 Å². The molecule has 3 aromatic heterocycles. The monoisotopic (exact) mass is 463 g/mol. The molecule has 1 amide bonds. The van der Waals surface area contributed by atoms with Gasteiger partial charge in [0.05, 0.1) is 31.8 Å². The van der Waals surface area contributed by atoms with E-state index in [-0.39, 0.29) is 36.9 Å². The van der Waals surface area contributed by atoms with Crippen molar-refractivity contribution in [1.82, 2.24) is 24.0 Å². The van der Waals surface area contributed by atoms with Crippen LogP contribution in [0.15, 0.2) is 69.1 Å². The average molecular weight is 463 g/mol. The highest BCUT2D eigenvalue weighted by Gasteiger charge is 2.21. The summed E-state index contributed by atoms with van der Waals surface area (Å²) in [5, 5.41) is 2.78. The van der Waals surface area contributed by atoms with Crippen molar-refractivity contribution >= 4 is 17.1 Å². The van der Waals surface area contributed by atoms with Crippen molar-refractivity contribution in [3.05, 3.63) is 87.2 Å². The molecule has 0 spiro atoms. The van der Waals surface area contributed by atoms with Gasteiger partial charge in [0.25, 0.3) is 5.56 Å². The Morgan fingerprint density at radius 2 is 1.94 bits per heavy atom. The van der Waals surface area contributed by atoms with Crippen molar-refractivity contribution in [1.29, 1.82) is 0 Å². The number of nitrogens with one attached hydrogen (secondary N) is 1. The lowest BCUT2D eigenvalue weighted by Crippen LogP contribution is -2.45. The van der Waals surface area contributed by atoms with E-state index < -0.39 is 17.2 Å². The van der Waals surface area contributed by atoms with Crippen LogP contribution in [0.2, 0.25) is 0 Å². The molecule has 4 heterocycles. The number of aromatic nitrogens is 4. The predicted molar refractivity (Wildman–Crippen MR) is 124 cm³/mol. The summed E-state index contributed by atoms with van der Waals surface area (Å²) in [6.07, 6.45) is 4.86. The number of carbonyl (C=O) groups is 1. The van der Waals surface area contributed by atoms with E-state index in [9.17, 15) is 14.4 Å². The van der Waals surface area contributed by atoms with E-state index in [0.29, 0.717) is 18.9 Å². The zero-order chi connectivity index (χ0) is 23.5. The Balaban J connectivity index is 1.53. The van der Waals surface area contributed by atoms with E-state index in [1.807, 2.05) is 30.3 Å². The van der Waals surface area contributed by atoms with Gasteiger partial charge in [0.1, 0.15) is 12.3 Å². The fourth-order valence-electron chi connectivity index (χ4n) is 4.21. The summed E-state index contributed by atoms with van der Waals surface area (Å²) in [5.41, 5.74) is 0.220. The van der Waals surface area contributed by atoms with Crippen molar-refractivity contribution in [3.63, 3.8) is 0 Å². The third-order valence-electron chi connectivity index (χ3n) is 5.93. The molecule has 0 radical (unpaired) electrons. The van der Waals surface area contributed by atoms with E-state index in [1.165, 1.54) is 10.9 Å². The molecule has 1 N–H and O–H groups in total. The Morgan fingerprint density at radius 3 is 2.68 bits per heavy atom. The second-order valence-corrected chi connectivity index (χ2v) is 8.31. The largest absolute Gasteiger partial charge is 0.467 e. The van der Waals surface area contributed by atoms with Crippen LogP contribution in [0.3, 0.4) is 0 Å². The third-order valence-corrected chi connectivity index (χ3v) is 5.93. The minimum atomic E-state index is -0.586. The Hall–Kier alpha value is -3.92. The second-order valence-electron chi connectivity index (χ2n) is 8.31. The Morgan fingerprint density at radius 1 is 1.09 bits per heavy atom. The summed E-state index contributed by atoms with van der Waals surface area (Å²) in [4.78, 5) is 43.8. The van der Waals surface area contributed by atoms with Gasteiger partial charge in [-0.05, 0) is 30.5 Å². The minimum Gasteiger partial charge on any atom is -0.467 e. The van der Waals surface area contributed by atoms with Crippen LogP contribution in [0.25, 0.3) is 11.2 Å². The van der Waals surface area contributed by atoms with Gasteiger partial charge >= 0.3 is 5.69 Å². The number of rotatable bonds is 8. The molecule has 10 heteroatoms. The molecular formula is C24H25N5O5. The van der Waals surface area contributed by atoms with Crippen LogP contribution in [0.4, 0.5) is 0 Å². The van der Waals surface area contributed by atoms with Crippen LogP contribution in [0, 0.1) is 0 Å². The third kappa shape index (κ3) is 4.44. The summed E-state index contributed by atoms with van der Waals surface area (Å²) < 4.78 is 15.0. The molecule has 0 unspecified atom stereocenters. The summed E-state index contributed by atoms with van der Waals surface area (Å²) in [7, 11) is 0. The molecule has 1 aliphatic heterocycles. The molecule has 1 atom stereocenters. The highest BCUT2D eigenvalue weighted by Crippen LogP contribution is 2.13. The molecule has 1 aliphatic rings. The van der Waals surface area contributed by atoms with Gasteiger partial charge in [-0.3, -0.25) is 14.2 Å². The Kier molecular flexibility index (Phi) is 6.13. The quantitative estimate of drug-likeness (QED) is 0.422. The molecule has 4 aromatic rings. The second kappa shape index (κ2) is 9.52. The molecule has 0 aliphatic carbocycles. The van der Waals surface area contributed by atoms with E-state index >= 15 is 0 Å². The highest BCUT2D eigenvalue weighted by atomic mass is 16.5. The number of benzene rings is 1. The van der Waals surface area contributed by atoms with Gasteiger partial charge in [0, 0.05) is 13.2 Å². The number of carbonyl (C=O) groups excluding carboxylic acids is 1. The average Bonchev–Trinajstić information content (AvgIpc) is 3.62. The first-order valence-corrected chi connectivity index (χ1v) is 11.2. The Bertz CT molecular complexity index is 1400. The van der Waals surface area contributed by atoms with Crippen molar-refractivity contribution in [2.45, 2.75) is 38.6 Å². The molecular weight excluding hydrogens is 438 g/mol. The summed E-state index contributed by atoms with van der Waals surface area (Å²) >= 11 is 0. The fourth-order valence-corrected chi connectivity index (χ4v) is 4.21. The van der Waals surface area contributed by atoms with Gasteiger partial charge in [0.15, 0.2) is 11.2 Å². The predicted octanol–water partition coefficient (Wildman–Crippen LogP) is 1.34. The van der Waals surface area contributed by atoms with Gasteiger partial charge in [-0.2, -0.15) is 0 Å². The Labute approximate surface area is 194 Å². The first kappa shape index (κ1) is 21.9. The van der Waals surface area contributed by atoms with Gasteiger partial charge in [0.2, 0.25) is 5.91 Å². The van der Waals surface area contributed by atoms with Crippen LogP contribution in [0.1, 0.15) is 24.2 Å². The molecule has 10 nitrogen and oxygen atoms in total. The lowest BCUT2D eigenvalue weighted by molar-refractivity contribution is -0.122. The highest BCUT2D eigenvalue weighted by molar-refractivity contribution is 5.76. The molecule has 1 aromatic carbocycles. The van der Waals surface area contributed by atoms with Crippen molar-refractivity contribution in [2.24, 2.45) is 0 Å². The van der Waals surface area contributed by atoms with Crippen LogP contribution in [-0.4, -0.2) is 43.8 Å². The maximum absolute atomic E-state index is 13.4. The zero-order valence-electron chi connectivity index (χ0n) is 18.6. The maximum Gasteiger partial charge on any atom is 0.333 e. The summed E-state index contributed by atoms with van der Waals surface area (Å²) in [6, 6.07) is 13.0. The number of imidazole rings is 1. The molecule has 0 saturated carbocycles. The van der Waals surface area contributed by atoms with E-state index in [0.717, 1.165) is 23.0 Å². The van der Waals surface area contributed by atoms with Gasteiger partial charge < -0.3 is 19.0 Å². The van der Waals surface area contributed by atoms with Crippen LogP contribution < -0.4 is 16.6 Å². The number of amides is 1. The number of hydrogen-bond acceptors (Lipinski definition) is 6. The molecule has 1 fully saturated rings. The number of fused-ring (bicyclic) bond motifs is 1. The summed E-state index contributed by atoms with van der Waals surface area (Å²) in [6.45, 7) is 1.13. The zero-order valence-corrected chi connectivity index (χ0v) is 18.6. The van der Waals surface area contributed by atoms with E-state index in [2.05, 4.69) is 10.3 Å². The van der Waals surface area contributed by atoms with Crippen molar-refractivity contribution in [2.75, 3.05) is 13.2 Å². The standard InChI is InChI=1S/C24H25N5O5/c30-20(25-12-18-8-4-10-33-18)15-29-23(31)21-22(26-16-27(21)14-19-9-5-11-34-19)28(24(29)32)13-17-6-2-1-3-7-17/h1-3,5-7,9,11,16,18H,4,8,10,12-15H2,(H,25,30)/t18-/m0/s1. The number of furan rings is 1. The first-order valence-electron chi connectivity index (χ1n) is 11.2. The van der Waals surface area contributed by atoms with Crippen LogP contribution in [-0.2, 0) is 29.2 Å². The number of ether oxygens (including phenoxy) is 1. The maximum atomic E-state index is 13.4. The normalized spacial score (nSPS) is 15.7. The summed E-state index contributed by atoms with van der Waals surface area (Å²) in [5.74, 6) is 0.220. The molecule has 34 heavy (non-hydrogen) atoms. The fraction of sp³-hybridized carbons (Fsp3) is 0.333. The molecule has 1 saturated heterocycles. The van der Waals surface area contributed by atoms with E-state index in [4.69, 9.17) is 9.15 Å². The van der Waals surface area contributed by atoms with Gasteiger partial charge in [-0.1, -0.05) is 30.3 Å². The number of nitrogens with zero attached hydrogens (tertiary/aromatic N) is 4. The molecule has 176 valence electrons. The van der Waals surface area contributed by atoms with Crippen LogP contribution in [0.5, 0.6) is 0 Å². The number of hydrogen-bond donors (Lipinski definition) is 1. The van der Waals surface area contributed by atoms with Crippen molar-refractivity contribution < 1.29 is 13.9 Å². The van der Waals surface area contributed by atoms with Crippen molar-refractivity contribution in [3.8, 4) is 0 Å². The smallest absolute Gasteiger partial charge is 0.333 e. The molecule has 0 bridgehead atoms. The lowest BCUT2D eigenvalue weighted by atomic mass is 10.2. The topological polar surface area (TPSA) is 113 Å².